The number of hydrogen-bond donors (Lipinski definition) is 1. The third-order valence-electron chi connectivity index (χ3n) is 5.08. The molecular formula is C18H28N2O2S. The van der Waals surface area contributed by atoms with Crippen LogP contribution in [-0.4, -0.2) is 38.2 Å². The zero-order valence-corrected chi connectivity index (χ0v) is 15.0. The van der Waals surface area contributed by atoms with E-state index in [9.17, 15) is 8.42 Å². The number of rotatable bonds is 6. The number of piperidine rings is 1. The Morgan fingerprint density at radius 1 is 1.26 bits per heavy atom. The van der Waals surface area contributed by atoms with Gasteiger partial charge in [-0.2, -0.15) is 0 Å². The van der Waals surface area contributed by atoms with Gasteiger partial charge in [0.15, 0.2) is 0 Å². The fourth-order valence-corrected chi connectivity index (χ4v) is 4.90. The summed E-state index contributed by atoms with van der Waals surface area (Å²) in [4.78, 5) is 2.45. The van der Waals surface area contributed by atoms with Gasteiger partial charge >= 0.3 is 0 Å². The van der Waals surface area contributed by atoms with E-state index in [0.717, 1.165) is 44.8 Å². The Morgan fingerprint density at radius 3 is 2.52 bits per heavy atom. The summed E-state index contributed by atoms with van der Waals surface area (Å²) in [5.41, 5.74) is 2.43. The maximum absolute atomic E-state index is 11.8. The van der Waals surface area contributed by atoms with Crippen LogP contribution in [0.5, 0.6) is 0 Å². The summed E-state index contributed by atoms with van der Waals surface area (Å²) in [5.74, 6) is 0.729. The van der Waals surface area contributed by atoms with Crippen molar-refractivity contribution in [3.05, 3.63) is 35.4 Å². The predicted octanol–water partition coefficient (Wildman–Crippen LogP) is 2.68. The fourth-order valence-electron chi connectivity index (χ4n) is 3.82. The number of nitrogens with one attached hydrogen (secondary N) is 1. The summed E-state index contributed by atoms with van der Waals surface area (Å²) in [7, 11) is -3.15. The number of nitrogens with zero attached hydrogens (tertiary/aromatic N) is 1. The molecule has 23 heavy (non-hydrogen) atoms. The number of aryl methyl sites for hydroxylation is 1. The quantitative estimate of drug-likeness (QED) is 0.869. The van der Waals surface area contributed by atoms with Gasteiger partial charge in [-0.3, -0.25) is 4.90 Å². The second-order valence-corrected chi connectivity index (χ2v) is 9.32. The van der Waals surface area contributed by atoms with Crippen LogP contribution in [0, 0.1) is 12.8 Å². The molecule has 5 heteroatoms. The molecule has 0 aromatic heterocycles. The van der Waals surface area contributed by atoms with E-state index in [1.165, 1.54) is 30.2 Å². The van der Waals surface area contributed by atoms with Crippen LogP contribution in [0.3, 0.4) is 0 Å². The minimum atomic E-state index is -3.15. The van der Waals surface area contributed by atoms with Crippen molar-refractivity contribution in [1.82, 2.24) is 9.62 Å². The third kappa shape index (κ3) is 5.03. The molecule has 3 rings (SSSR count). The van der Waals surface area contributed by atoms with Crippen LogP contribution in [0.4, 0.5) is 0 Å². The van der Waals surface area contributed by atoms with E-state index in [2.05, 4.69) is 40.8 Å². The molecule has 0 radical (unpaired) electrons. The average Bonchev–Trinajstić information content (AvgIpc) is 3.24. The lowest BCUT2D eigenvalue weighted by Gasteiger charge is -2.42. The number of benzene rings is 1. The molecule has 0 spiro atoms. The topological polar surface area (TPSA) is 49.4 Å². The molecule has 4 nitrogen and oxygen atoms in total. The van der Waals surface area contributed by atoms with E-state index in [-0.39, 0.29) is 5.54 Å². The molecule has 2 fully saturated rings. The molecule has 128 valence electrons. The molecule has 1 heterocycles. The van der Waals surface area contributed by atoms with Crippen molar-refractivity contribution in [2.45, 2.75) is 51.1 Å². The molecule has 1 saturated heterocycles. The normalized spacial score (nSPS) is 22.2. The first-order valence-corrected chi connectivity index (χ1v) is 10.5. The van der Waals surface area contributed by atoms with Gasteiger partial charge in [-0.25, -0.2) is 13.1 Å². The van der Waals surface area contributed by atoms with E-state index in [4.69, 9.17) is 0 Å². The van der Waals surface area contributed by atoms with E-state index < -0.39 is 10.0 Å². The van der Waals surface area contributed by atoms with Crippen LogP contribution < -0.4 is 4.72 Å². The van der Waals surface area contributed by atoms with Gasteiger partial charge in [0.25, 0.3) is 0 Å². The van der Waals surface area contributed by atoms with Gasteiger partial charge in [0, 0.05) is 25.2 Å². The first-order valence-electron chi connectivity index (χ1n) is 8.60. The lowest BCUT2D eigenvalue weighted by atomic mass is 9.83. The van der Waals surface area contributed by atoms with Crippen molar-refractivity contribution in [2.75, 3.05) is 19.3 Å². The van der Waals surface area contributed by atoms with Gasteiger partial charge in [0.2, 0.25) is 10.0 Å². The summed E-state index contributed by atoms with van der Waals surface area (Å²) in [6.45, 7) is 5.00. The van der Waals surface area contributed by atoms with E-state index in [0.29, 0.717) is 0 Å². The Morgan fingerprint density at radius 2 is 1.96 bits per heavy atom. The summed E-state index contributed by atoms with van der Waals surface area (Å²) >= 11 is 0. The minimum absolute atomic E-state index is 0.210. The third-order valence-corrected chi connectivity index (χ3v) is 5.88. The zero-order chi connectivity index (χ0) is 16.5. The van der Waals surface area contributed by atoms with E-state index >= 15 is 0 Å². The highest BCUT2D eigenvalue weighted by atomic mass is 32.2. The van der Waals surface area contributed by atoms with Gasteiger partial charge in [-0.05, 0) is 37.7 Å². The lowest BCUT2D eigenvalue weighted by molar-refractivity contribution is 0.134. The molecule has 0 bridgehead atoms. The van der Waals surface area contributed by atoms with Crippen molar-refractivity contribution >= 4 is 10.0 Å². The van der Waals surface area contributed by atoms with E-state index in [1.807, 2.05) is 0 Å². The van der Waals surface area contributed by atoms with Crippen LogP contribution in [0.1, 0.15) is 43.2 Å². The molecule has 1 aromatic carbocycles. The van der Waals surface area contributed by atoms with Crippen LogP contribution >= 0.6 is 0 Å². The summed E-state index contributed by atoms with van der Waals surface area (Å²) in [6, 6.07) is 8.64. The average molecular weight is 337 g/mol. The van der Waals surface area contributed by atoms with Crippen molar-refractivity contribution in [3.8, 4) is 0 Å². The first-order chi connectivity index (χ1) is 10.8. The summed E-state index contributed by atoms with van der Waals surface area (Å²) in [6.07, 6.45) is 6.67. The molecule has 1 N–H and O–H groups in total. The Hall–Kier alpha value is -0.910. The Bertz CT molecular complexity index is 645. The summed E-state index contributed by atoms with van der Waals surface area (Å²) in [5, 5.41) is 0. The molecule has 0 unspecified atom stereocenters. The monoisotopic (exact) mass is 336 g/mol. The van der Waals surface area contributed by atoms with Crippen molar-refractivity contribution in [2.24, 2.45) is 5.92 Å². The Balaban J connectivity index is 1.62. The molecule has 2 aliphatic rings. The van der Waals surface area contributed by atoms with Crippen molar-refractivity contribution in [3.63, 3.8) is 0 Å². The molecule has 0 amide bonds. The SMILES string of the molecule is Cc1cccc(CN2CCC(CC3CC3)(NS(C)(=O)=O)CC2)c1. The lowest BCUT2D eigenvalue weighted by Crippen LogP contribution is -2.55. The van der Waals surface area contributed by atoms with Crippen molar-refractivity contribution in [1.29, 1.82) is 0 Å². The zero-order valence-electron chi connectivity index (χ0n) is 14.2. The minimum Gasteiger partial charge on any atom is -0.299 e. The smallest absolute Gasteiger partial charge is 0.209 e. The van der Waals surface area contributed by atoms with Crippen molar-refractivity contribution < 1.29 is 8.42 Å². The van der Waals surface area contributed by atoms with Gasteiger partial charge < -0.3 is 0 Å². The maximum atomic E-state index is 11.8. The predicted molar refractivity (Wildman–Crippen MR) is 93.7 cm³/mol. The van der Waals surface area contributed by atoms with Gasteiger partial charge in [0.05, 0.1) is 6.26 Å². The number of hydrogen-bond acceptors (Lipinski definition) is 3. The van der Waals surface area contributed by atoms with Crippen LogP contribution in [0.15, 0.2) is 24.3 Å². The Kier molecular flexibility index (Phi) is 4.81. The number of sulfonamides is 1. The molecule has 1 aliphatic heterocycles. The van der Waals surface area contributed by atoms with Crippen LogP contribution in [0.2, 0.25) is 0 Å². The maximum Gasteiger partial charge on any atom is 0.209 e. The highest BCUT2D eigenvalue weighted by Gasteiger charge is 2.41. The second kappa shape index (κ2) is 6.54. The number of likely N-dealkylation sites (tertiary alicyclic amines) is 1. The van der Waals surface area contributed by atoms with Crippen LogP contribution in [-0.2, 0) is 16.6 Å². The second-order valence-electron chi connectivity index (χ2n) is 7.57. The largest absolute Gasteiger partial charge is 0.299 e. The Labute approximate surface area is 140 Å². The van der Waals surface area contributed by atoms with Gasteiger partial charge in [-0.1, -0.05) is 42.7 Å². The highest BCUT2D eigenvalue weighted by Crippen LogP contribution is 2.41. The molecular weight excluding hydrogens is 308 g/mol. The first kappa shape index (κ1) is 16.9. The van der Waals surface area contributed by atoms with Gasteiger partial charge in [-0.15, -0.1) is 0 Å². The fraction of sp³-hybridized carbons (Fsp3) is 0.667. The molecule has 1 aliphatic carbocycles. The summed E-state index contributed by atoms with van der Waals surface area (Å²) < 4.78 is 26.6. The molecule has 1 saturated carbocycles. The van der Waals surface area contributed by atoms with E-state index in [1.54, 1.807) is 0 Å². The standard InChI is InChI=1S/C18H28N2O2S/c1-15-4-3-5-17(12-15)14-20-10-8-18(9-11-20,13-16-6-7-16)19-23(2,21)22/h3-5,12,16,19H,6-11,13-14H2,1-2H3. The highest BCUT2D eigenvalue weighted by molar-refractivity contribution is 7.88. The molecule has 0 atom stereocenters. The molecule has 1 aromatic rings. The van der Waals surface area contributed by atoms with Gasteiger partial charge in [0.1, 0.15) is 0 Å². The van der Waals surface area contributed by atoms with Crippen LogP contribution in [0.25, 0.3) is 0 Å².